The van der Waals surface area contributed by atoms with Crippen molar-refractivity contribution in [1.82, 2.24) is 9.80 Å². The Labute approximate surface area is 189 Å². The third-order valence-corrected chi connectivity index (χ3v) is 6.24. The Kier molecular flexibility index (Phi) is 7.58. The number of morpholine rings is 1. The van der Waals surface area contributed by atoms with E-state index in [0.717, 1.165) is 25.0 Å². The van der Waals surface area contributed by atoms with Crippen molar-refractivity contribution < 1.29 is 49.1 Å². The molecule has 33 heavy (non-hydrogen) atoms. The lowest BCUT2D eigenvalue weighted by Gasteiger charge is -2.25. The van der Waals surface area contributed by atoms with Gasteiger partial charge in [-0.05, 0) is 37.1 Å². The van der Waals surface area contributed by atoms with Gasteiger partial charge in [0.05, 0.1) is 13.2 Å². The zero-order chi connectivity index (χ0) is 24.2. The quantitative estimate of drug-likeness (QED) is 0.558. The molecule has 2 aromatic rings. The smallest absolute Gasteiger partial charge is 0.328 e. The van der Waals surface area contributed by atoms with E-state index in [0.29, 0.717) is 39.4 Å². The lowest BCUT2D eigenvalue weighted by Crippen LogP contribution is -2.40. The van der Waals surface area contributed by atoms with Gasteiger partial charge >= 0.3 is 20.2 Å². The number of carbonyl (C=O) groups is 2. The van der Waals surface area contributed by atoms with Crippen molar-refractivity contribution in [3.05, 3.63) is 35.8 Å². The second-order valence-electron chi connectivity index (χ2n) is 7.09. The van der Waals surface area contributed by atoms with E-state index in [1.165, 1.54) is 17.0 Å². The SMILES string of the molecule is O=C(c1ccc(S(=O)(=O)O)o1)N1CCCC1.O=C(c1ccc(S(=O)(=O)O)o1)N1CCOCC1. The molecular weight excluding hydrogens is 484 g/mol. The minimum atomic E-state index is -4.41. The fourth-order valence-corrected chi connectivity index (χ4v) is 4.02. The summed E-state index contributed by atoms with van der Waals surface area (Å²) in [6, 6.07) is 4.59. The van der Waals surface area contributed by atoms with E-state index in [2.05, 4.69) is 0 Å². The predicted octanol–water partition coefficient (Wildman–Crippen LogP) is 0.761. The molecule has 13 nitrogen and oxygen atoms in total. The van der Waals surface area contributed by atoms with E-state index in [4.69, 9.17) is 22.7 Å². The number of nitrogens with zero attached hydrogens (tertiary/aromatic N) is 2. The standard InChI is InChI=1S/C9H11NO6S.C9H11NO5S/c11-9(10-3-5-15-6-4-10)7-1-2-8(16-7)17(12,13)14;11-9(10-5-1-2-6-10)7-3-4-8(15-7)16(12,13)14/h1-2H,3-6H2,(H,12,13,14);3-4H,1-2,5-6H2,(H,12,13,14). The number of likely N-dealkylation sites (tertiary alicyclic amines) is 1. The first kappa shape index (κ1) is 24.9. The maximum absolute atomic E-state index is 11.8. The van der Waals surface area contributed by atoms with Gasteiger partial charge in [-0.3, -0.25) is 18.7 Å². The molecular formula is C18H22N2O11S2. The Morgan fingerprint density at radius 1 is 0.697 bits per heavy atom. The molecule has 0 aliphatic carbocycles. The number of amides is 2. The van der Waals surface area contributed by atoms with Crippen LogP contribution in [-0.2, 0) is 25.0 Å². The number of hydrogen-bond acceptors (Lipinski definition) is 9. The summed E-state index contributed by atoms with van der Waals surface area (Å²) in [6.07, 6.45) is 1.88. The van der Waals surface area contributed by atoms with Gasteiger partial charge in [0.15, 0.2) is 11.5 Å². The molecule has 4 rings (SSSR count). The highest BCUT2D eigenvalue weighted by atomic mass is 32.2. The van der Waals surface area contributed by atoms with Crippen molar-refractivity contribution in [3.8, 4) is 0 Å². The molecule has 0 atom stereocenters. The van der Waals surface area contributed by atoms with Gasteiger partial charge in [-0.1, -0.05) is 0 Å². The van der Waals surface area contributed by atoms with Gasteiger partial charge in [-0.2, -0.15) is 16.8 Å². The third-order valence-electron chi connectivity index (χ3n) is 4.78. The maximum Gasteiger partial charge on any atom is 0.328 e. The van der Waals surface area contributed by atoms with Gasteiger partial charge in [0.1, 0.15) is 0 Å². The fourth-order valence-electron chi connectivity index (χ4n) is 3.15. The largest absolute Gasteiger partial charge is 0.437 e. The molecule has 2 aliphatic heterocycles. The maximum atomic E-state index is 11.8. The summed E-state index contributed by atoms with van der Waals surface area (Å²) in [7, 11) is -8.78. The molecule has 2 amide bonds. The second kappa shape index (κ2) is 10.0. The van der Waals surface area contributed by atoms with Crippen LogP contribution in [0.25, 0.3) is 0 Å². The van der Waals surface area contributed by atoms with E-state index in [1.807, 2.05) is 0 Å². The average molecular weight is 507 g/mol. The van der Waals surface area contributed by atoms with Gasteiger partial charge in [0, 0.05) is 26.2 Å². The molecule has 2 fully saturated rings. The summed E-state index contributed by atoms with van der Waals surface area (Å²) < 4.78 is 75.1. The Morgan fingerprint density at radius 2 is 1.09 bits per heavy atom. The number of ether oxygens (including phenoxy) is 1. The van der Waals surface area contributed by atoms with Gasteiger partial charge in [-0.15, -0.1) is 0 Å². The van der Waals surface area contributed by atoms with Crippen molar-refractivity contribution >= 4 is 32.1 Å². The van der Waals surface area contributed by atoms with Crippen molar-refractivity contribution in [2.24, 2.45) is 0 Å². The molecule has 0 unspecified atom stereocenters. The van der Waals surface area contributed by atoms with Crippen LogP contribution >= 0.6 is 0 Å². The van der Waals surface area contributed by atoms with Crippen molar-refractivity contribution in [3.63, 3.8) is 0 Å². The topological polar surface area (TPSA) is 185 Å². The Bertz CT molecular complexity index is 1200. The Hall–Kier alpha value is -2.72. The van der Waals surface area contributed by atoms with Crippen molar-refractivity contribution in [1.29, 1.82) is 0 Å². The molecule has 2 aromatic heterocycles. The van der Waals surface area contributed by atoms with Crippen LogP contribution in [0.3, 0.4) is 0 Å². The normalized spacial score (nSPS) is 16.9. The summed E-state index contributed by atoms with van der Waals surface area (Å²) in [4.78, 5) is 26.7. The van der Waals surface area contributed by atoms with Crippen LogP contribution in [0.15, 0.2) is 43.3 Å². The second-order valence-corrected chi connectivity index (χ2v) is 9.80. The Morgan fingerprint density at radius 3 is 1.45 bits per heavy atom. The first-order valence-electron chi connectivity index (χ1n) is 9.78. The van der Waals surface area contributed by atoms with E-state index in [1.54, 1.807) is 4.90 Å². The van der Waals surface area contributed by atoms with E-state index >= 15 is 0 Å². The minimum Gasteiger partial charge on any atom is -0.437 e. The predicted molar refractivity (Wildman–Crippen MR) is 109 cm³/mol. The van der Waals surface area contributed by atoms with Crippen molar-refractivity contribution in [2.45, 2.75) is 23.0 Å². The summed E-state index contributed by atoms with van der Waals surface area (Å²) in [6.45, 7) is 3.05. The minimum absolute atomic E-state index is 0.0606. The molecule has 182 valence electrons. The third kappa shape index (κ3) is 6.42. The number of hydrogen-bond donors (Lipinski definition) is 2. The highest BCUT2D eigenvalue weighted by Crippen LogP contribution is 2.18. The molecule has 0 bridgehead atoms. The average Bonchev–Trinajstić information content (AvgIpc) is 3.54. The van der Waals surface area contributed by atoms with E-state index < -0.39 is 36.3 Å². The highest BCUT2D eigenvalue weighted by Gasteiger charge is 2.25. The number of rotatable bonds is 4. The van der Waals surface area contributed by atoms with Gasteiger partial charge < -0.3 is 23.4 Å². The number of furan rings is 2. The fraction of sp³-hybridized carbons (Fsp3) is 0.444. The summed E-state index contributed by atoms with van der Waals surface area (Å²) in [5.41, 5.74) is 0. The van der Waals surface area contributed by atoms with Gasteiger partial charge in [0.25, 0.3) is 11.8 Å². The zero-order valence-corrected chi connectivity index (χ0v) is 18.9. The molecule has 15 heteroatoms. The molecule has 0 saturated carbocycles. The molecule has 2 saturated heterocycles. The molecule has 0 spiro atoms. The Balaban J connectivity index is 0.000000186. The van der Waals surface area contributed by atoms with Crippen molar-refractivity contribution in [2.75, 3.05) is 39.4 Å². The molecule has 0 radical (unpaired) electrons. The van der Waals surface area contributed by atoms with Crippen LogP contribution in [0.5, 0.6) is 0 Å². The summed E-state index contributed by atoms with van der Waals surface area (Å²) in [5, 5.41) is -1.23. The van der Waals surface area contributed by atoms with Crippen LogP contribution in [0.4, 0.5) is 0 Å². The van der Waals surface area contributed by atoms with Crippen LogP contribution in [0, 0.1) is 0 Å². The lowest BCUT2D eigenvalue weighted by atomic mass is 10.3. The van der Waals surface area contributed by atoms with Crippen LogP contribution in [0.2, 0.25) is 0 Å². The van der Waals surface area contributed by atoms with Crippen LogP contribution < -0.4 is 0 Å². The lowest BCUT2D eigenvalue weighted by molar-refractivity contribution is 0.0279. The number of carbonyl (C=O) groups excluding carboxylic acids is 2. The highest BCUT2D eigenvalue weighted by molar-refractivity contribution is 7.85. The molecule has 0 aromatic carbocycles. The molecule has 2 aliphatic rings. The first-order chi connectivity index (χ1) is 15.5. The molecule has 2 N–H and O–H groups in total. The first-order valence-corrected chi connectivity index (χ1v) is 12.7. The summed E-state index contributed by atoms with van der Waals surface area (Å²) >= 11 is 0. The summed E-state index contributed by atoms with van der Waals surface area (Å²) in [5.74, 6) is -0.926. The van der Waals surface area contributed by atoms with Gasteiger partial charge in [0.2, 0.25) is 10.2 Å². The zero-order valence-electron chi connectivity index (χ0n) is 17.2. The molecule has 4 heterocycles. The van der Waals surface area contributed by atoms with Crippen LogP contribution in [-0.4, -0.2) is 86.9 Å². The van der Waals surface area contributed by atoms with Gasteiger partial charge in [-0.25, -0.2) is 0 Å². The van der Waals surface area contributed by atoms with Crippen LogP contribution in [0.1, 0.15) is 34.0 Å². The van der Waals surface area contributed by atoms with E-state index in [-0.39, 0.29) is 17.4 Å². The van der Waals surface area contributed by atoms with E-state index in [9.17, 15) is 26.4 Å². The monoisotopic (exact) mass is 506 g/mol.